The summed E-state index contributed by atoms with van der Waals surface area (Å²) < 4.78 is 7.51. The molecule has 0 saturated carbocycles. The number of hydrogen-bond donors (Lipinski definition) is 0. The summed E-state index contributed by atoms with van der Waals surface area (Å²) in [5, 5.41) is 0.317. The van der Waals surface area contributed by atoms with Gasteiger partial charge in [0.05, 0.1) is 12.0 Å². The Bertz CT molecular complexity index is 597. The minimum atomic E-state index is -0.330. The summed E-state index contributed by atoms with van der Waals surface area (Å²) in [5.41, 5.74) is 1.84. The fourth-order valence-corrected chi connectivity index (χ4v) is 3.47. The molecule has 1 atom stereocenters. The van der Waals surface area contributed by atoms with Gasteiger partial charge in [-0.2, -0.15) is 0 Å². The summed E-state index contributed by atoms with van der Waals surface area (Å²) >= 11 is 19.6. The van der Waals surface area contributed by atoms with Crippen LogP contribution in [0.4, 0.5) is 0 Å². The number of benzene rings is 2. The fourth-order valence-electron chi connectivity index (χ4n) is 1.91. The topological polar surface area (TPSA) is 9.23 Å². The van der Waals surface area contributed by atoms with Crippen molar-refractivity contribution in [3.05, 3.63) is 61.5 Å². The lowest BCUT2D eigenvalue weighted by atomic mass is 10.0. The van der Waals surface area contributed by atoms with Crippen molar-refractivity contribution in [3.63, 3.8) is 0 Å². The van der Waals surface area contributed by atoms with Crippen molar-refractivity contribution in [2.24, 2.45) is 0 Å². The first-order valence-electron chi connectivity index (χ1n) is 6.03. The van der Waals surface area contributed by atoms with Gasteiger partial charge in [-0.1, -0.05) is 43.5 Å². The lowest BCUT2D eigenvalue weighted by Gasteiger charge is -2.16. The van der Waals surface area contributed by atoms with Crippen LogP contribution in [0, 0.1) is 0 Å². The Balaban J connectivity index is 2.46. The van der Waals surface area contributed by atoms with Crippen LogP contribution in [0.3, 0.4) is 0 Å². The Morgan fingerprint density at radius 3 is 2.50 bits per heavy atom. The van der Waals surface area contributed by atoms with Gasteiger partial charge < -0.3 is 4.74 Å². The molecule has 0 amide bonds. The zero-order valence-corrected chi connectivity index (χ0v) is 15.4. The molecule has 0 N–H and O–H groups in total. The maximum Gasteiger partial charge on any atom is 0.124 e. The van der Waals surface area contributed by atoms with Crippen molar-refractivity contribution < 1.29 is 4.74 Å². The summed E-state index contributed by atoms with van der Waals surface area (Å²) in [6, 6.07) is 11.5. The minimum Gasteiger partial charge on any atom is -0.494 e. The van der Waals surface area contributed by atoms with E-state index in [0.717, 1.165) is 25.8 Å². The highest BCUT2D eigenvalue weighted by Gasteiger charge is 2.17. The van der Waals surface area contributed by atoms with Gasteiger partial charge in [0.25, 0.3) is 0 Å². The van der Waals surface area contributed by atoms with E-state index in [1.165, 1.54) is 0 Å². The molecule has 1 unspecified atom stereocenters. The predicted molar refractivity (Wildman–Crippen MR) is 92.2 cm³/mol. The smallest absolute Gasteiger partial charge is 0.124 e. The average Bonchev–Trinajstić information content (AvgIpc) is 2.39. The number of ether oxygens (including phenoxy) is 1. The van der Waals surface area contributed by atoms with E-state index >= 15 is 0 Å². The zero-order chi connectivity index (χ0) is 14.7. The van der Waals surface area contributed by atoms with Gasteiger partial charge in [-0.25, -0.2) is 0 Å². The first-order chi connectivity index (χ1) is 9.51. The van der Waals surface area contributed by atoms with Crippen LogP contribution in [0.25, 0.3) is 0 Å². The maximum atomic E-state index is 6.61. The molecule has 0 spiro atoms. The van der Waals surface area contributed by atoms with Crippen molar-refractivity contribution in [3.8, 4) is 5.75 Å². The molecule has 0 fully saturated rings. The maximum absolute atomic E-state index is 6.61. The van der Waals surface area contributed by atoms with Gasteiger partial charge in [0.15, 0.2) is 0 Å². The molecule has 0 heterocycles. The molecule has 5 heteroatoms. The van der Waals surface area contributed by atoms with Gasteiger partial charge in [0.2, 0.25) is 0 Å². The summed E-state index contributed by atoms with van der Waals surface area (Å²) in [4.78, 5) is 0. The quantitative estimate of drug-likeness (QED) is 0.489. The number of rotatable bonds is 4. The van der Waals surface area contributed by atoms with Crippen molar-refractivity contribution in [1.29, 1.82) is 0 Å². The van der Waals surface area contributed by atoms with E-state index in [2.05, 4.69) is 31.9 Å². The van der Waals surface area contributed by atoms with E-state index in [4.69, 9.17) is 27.9 Å². The second-order valence-electron chi connectivity index (χ2n) is 4.18. The Hall–Kier alpha value is -0.220. The highest BCUT2D eigenvalue weighted by molar-refractivity contribution is 9.10. The third-order valence-corrected chi connectivity index (χ3v) is 4.38. The molecule has 0 bridgehead atoms. The third kappa shape index (κ3) is 3.91. The molecule has 2 aromatic carbocycles. The van der Waals surface area contributed by atoms with Crippen LogP contribution in [0.5, 0.6) is 5.75 Å². The van der Waals surface area contributed by atoms with E-state index in [1.807, 2.05) is 43.3 Å². The molecule has 0 saturated heterocycles. The molecular weight excluding hydrogens is 427 g/mol. The highest BCUT2D eigenvalue weighted by atomic mass is 79.9. The van der Waals surface area contributed by atoms with E-state index in [1.54, 1.807) is 0 Å². The highest BCUT2D eigenvalue weighted by Crippen LogP contribution is 2.38. The molecule has 20 heavy (non-hydrogen) atoms. The second-order valence-corrected chi connectivity index (χ2v) is 6.88. The predicted octanol–water partition coefficient (Wildman–Crippen LogP) is 6.59. The monoisotopic (exact) mass is 436 g/mol. The normalized spacial score (nSPS) is 12.2. The average molecular weight is 439 g/mol. The van der Waals surface area contributed by atoms with Gasteiger partial charge in [0.1, 0.15) is 5.75 Å². The zero-order valence-electron chi connectivity index (χ0n) is 10.7. The minimum absolute atomic E-state index is 0.330. The van der Waals surface area contributed by atoms with Crippen molar-refractivity contribution in [1.82, 2.24) is 0 Å². The molecule has 0 radical (unpaired) electrons. The molecule has 2 aromatic rings. The number of alkyl halides is 1. The Morgan fingerprint density at radius 2 is 1.85 bits per heavy atom. The summed E-state index contributed by atoms with van der Waals surface area (Å²) in [6.45, 7) is 2.54. The fraction of sp³-hybridized carbons (Fsp3) is 0.200. The van der Waals surface area contributed by atoms with Crippen molar-refractivity contribution >= 4 is 55.1 Å². The largest absolute Gasteiger partial charge is 0.494 e. The van der Waals surface area contributed by atoms with Gasteiger partial charge in [-0.05, 0) is 48.9 Å². The molecule has 0 aromatic heterocycles. The molecule has 2 rings (SSSR count). The standard InChI is InChI=1S/C15H12Br2Cl2O/c1-2-20-14-4-3-10(16)8-13(14)15(19)9-5-11(17)7-12(18)6-9/h3-8,15H,2H2,1H3. The summed E-state index contributed by atoms with van der Waals surface area (Å²) in [7, 11) is 0. The van der Waals surface area contributed by atoms with Crippen LogP contribution in [0.2, 0.25) is 5.02 Å². The van der Waals surface area contributed by atoms with Gasteiger partial charge in [-0.3, -0.25) is 0 Å². The van der Waals surface area contributed by atoms with E-state index in [9.17, 15) is 0 Å². The lowest BCUT2D eigenvalue weighted by molar-refractivity contribution is 0.337. The molecule has 1 nitrogen and oxygen atoms in total. The van der Waals surface area contributed by atoms with Crippen LogP contribution >= 0.6 is 55.1 Å². The Morgan fingerprint density at radius 1 is 1.10 bits per heavy atom. The van der Waals surface area contributed by atoms with Gasteiger partial charge in [0, 0.05) is 19.5 Å². The molecular formula is C15H12Br2Cl2O. The van der Waals surface area contributed by atoms with Crippen molar-refractivity contribution in [2.75, 3.05) is 6.61 Å². The van der Waals surface area contributed by atoms with Crippen LogP contribution in [0.1, 0.15) is 23.4 Å². The molecule has 0 aliphatic rings. The van der Waals surface area contributed by atoms with Crippen LogP contribution in [-0.4, -0.2) is 6.61 Å². The van der Waals surface area contributed by atoms with E-state index in [-0.39, 0.29) is 5.38 Å². The lowest BCUT2D eigenvalue weighted by Crippen LogP contribution is -2.00. The SMILES string of the molecule is CCOc1ccc(Br)cc1C(Cl)c1cc(Cl)cc(Br)c1. The third-order valence-electron chi connectivity index (χ3n) is 2.72. The molecule has 0 aliphatic heterocycles. The van der Waals surface area contributed by atoms with Gasteiger partial charge >= 0.3 is 0 Å². The molecule has 106 valence electrons. The number of hydrogen-bond acceptors (Lipinski definition) is 1. The molecule has 0 aliphatic carbocycles. The van der Waals surface area contributed by atoms with Crippen LogP contribution in [-0.2, 0) is 0 Å². The van der Waals surface area contributed by atoms with Gasteiger partial charge in [-0.15, -0.1) is 11.6 Å². The first kappa shape index (κ1) is 16.2. The Kier molecular flexibility index (Phi) is 5.79. The van der Waals surface area contributed by atoms with Crippen LogP contribution in [0.15, 0.2) is 45.3 Å². The second kappa shape index (κ2) is 7.17. The number of halogens is 4. The summed E-state index contributed by atoms with van der Waals surface area (Å²) in [5.74, 6) is 0.784. The Labute approximate surface area is 145 Å². The summed E-state index contributed by atoms with van der Waals surface area (Å²) in [6.07, 6.45) is 0. The van der Waals surface area contributed by atoms with Crippen molar-refractivity contribution in [2.45, 2.75) is 12.3 Å². The van der Waals surface area contributed by atoms with Crippen LogP contribution < -0.4 is 4.74 Å². The first-order valence-corrected chi connectivity index (χ1v) is 8.43. The van der Waals surface area contributed by atoms with E-state index in [0.29, 0.717) is 11.6 Å². The van der Waals surface area contributed by atoms with E-state index < -0.39 is 0 Å².